The number of aromatic nitrogens is 1. The highest BCUT2D eigenvalue weighted by Gasteiger charge is 2.17. The molecule has 0 saturated carbocycles. The molecule has 3 nitrogen and oxygen atoms in total. The third-order valence-electron chi connectivity index (χ3n) is 1.45. The zero-order valence-corrected chi connectivity index (χ0v) is 6.97. The van der Waals surface area contributed by atoms with Gasteiger partial charge in [0.25, 0.3) is 0 Å². The molecule has 0 amide bonds. The maximum absolute atomic E-state index is 8.16. The highest BCUT2D eigenvalue weighted by Crippen LogP contribution is 2.24. The molecule has 0 aliphatic carbocycles. The Morgan fingerprint density at radius 3 is 3.29 bits per heavy atom. The molecular weight excluding hydrogens is 174 g/mol. The van der Waals surface area contributed by atoms with Gasteiger partial charge in [0.1, 0.15) is 0 Å². The van der Waals surface area contributed by atoms with Gasteiger partial charge in [0.05, 0.1) is 9.80 Å². The molecule has 2 rings (SSSR count). The van der Waals surface area contributed by atoms with Crippen LogP contribution < -0.4 is 10.6 Å². The average Bonchev–Trinajstić information content (AvgIpc) is 2.53. The van der Waals surface area contributed by atoms with Gasteiger partial charge < -0.3 is 10.6 Å². The Morgan fingerprint density at radius 1 is 1.79 bits per heavy atom. The van der Waals surface area contributed by atoms with Gasteiger partial charge in [0.2, 0.25) is 0 Å². The topological polar surface area (TPSA) is 42.2 Å². The van der Waals surface area contributed by atoms with Crippen LogP contribution in [0.5, 0.6) is 0 Å². The van der Waals surface area contributed by atoms with Crippen molar-refractivity contribution in [1.29, 1.82) is 0 Å². The Morgan fingerprint density at radius 2 is 2.57 bits per heavy atom. The molecule has 1 fully saturated rings. The van der Waals surface area contributed by atoms with E-state index in [0.717, 1.165) is 0 Å². The normalized spacial score (nSPS) is 51.7. The van der Waals surface area contributed by atoms with Crippen LogP contribution >= 0.6 is 0 Å². The molecule has 0 radical (unpaired) electrons. The van der Waals surface area contributed by atoms with Crippen LogP contribution in [0.2, 0.25) is 0 Å². The lowest BCUT2D eigenvalue weighted by Crippen LogP contribution is -2.33. The number of hydrogen-bond acceptors (Lipinski definition) is 3. The summed E-state index contributed by atoms with van der Waals surface area (Å²) >= 11 is 0. The third kappa shape index (κ3) is 1.81. The lowest BCUT2D eigenvalue weighted by Gasteiger charge is -2.31. The molecule has 1 aromatic rings. The summed E-state index contributed by atoms with van der Waals surface area (Å²) in [6, 6.07) is -1.64. The minimum Gasteiger partial charge on any atom is -0.396 e. The smallest absolute Gasteiger partial charge is 0.151 e. The Balaban J connectivity index is 3.00. The van der Waals surface area contributed by atoms with Crippen LogP contribution in [0.3, 0.4) is 0 Å². The van der Waals surface area contributed by atoms with Gasteiger partial charge in [-0.3, -0.25) is 0 Å². The minimum atomic E-state index is -3.91. The first-order valence-electron chi connectivity index (χ1n) is 11.2. The molecule has 1 aliphatic heterocycles. The van der Waals surface area contributed by atoms with E-state index in [9.17, 15) is 0 Å². The van der Waals surface area contributed by atoms with Crippen molar-refractivity contribution in [1.82, 2.24) is 4.98 Å². The Hall–Kier alpha value is -1.25. The number of piperidine rings is 1. The zero-order valence-electron chi connectivity index (χ0n) is 22.0. The number of rotatable bonds is 1. The van der Waals surface area contributed by atoms with E-state index < -0.39 is 68.2 Å². The number of nitrogen functional groups attached to an aromatic ring is 1. The van der Waals surface area contributed by atoms with E-state index in [1.807, 2.05) is 0 Å². The standard InChI is InChI=1S/C11H17N3/c1-9-4-7-14(8-5-9)11-10(12)3-2-6-13-11/h2-3,6,9H,4-5,7-8,12H2,1H3/i1D3,2D,3D,4D2,5D2,6D,7D2,8D2,9D. The summed E-state index contributed by atoms with van der Waals surface area (Å²) in [6.45, 7) is -11.2. The molecule has 0 atom stereocenters. The molecule has 0 unspecified atom stereocenters. The lowest BCUT2D eigenvalue weighted by molar-refractivity contribution is 0.437. The Labute approximate surface area is 106 Å². The van der Waals surface area contributed by atoms with Crippen molar-refractivity contribution in [2.75, 3.05) is 23.6 Å². The van der Waals surface area contributed by atoms with Crippen molar-refractivity contribution in [3.63, 3.8) is 0 Å². The monoisotopic (exact) mass is 206 g/mol. The first-order chi connectivity index (χ1) is 12.6. The number of pyridine rings is 1. The molecule has 1 aromatic heterocycles. The summed E-state index contributed by atoms with van der Waals surface area (Å²) in [5.41, 5.74) is 4.79. The number of nitrogens with zero attached hydrogens (tertiary/aromatic N) is 2. The fourth-order valence-electron chi connectivity index (χ4n) is 0.851. The van der Waals surface area contributed by atoms with Gasteiger partial charge in [-0.1, -0.05) is 6.85 Å². The first-order valence-corrected chi connectivity index (χ1v) is 3.66. The molecule has 0 aromatic carbocycles. The van der Waals surface area contributed by atoms with Crippen molar-refractivity contribution in [3.05, 3.63) is 18.3 Å². The van der Waals surface area contributed by atoms with Crippen LogP contribution in [0, 0.1) is 5.89 Å². The van der Waals surface area contributed by atoms with E-state index in [1.54, 1.807) is 0 Å². The Kier molecular flexibility index (Phi) is 0.588. The maximum Gasteiger partial charge on any atom is 0.151 e. The van der Waals surface area contributed by atoms with Crippen LogP contribution in [0.1, 0.15) is 40.2 Å². The van der Waals surface area contributed by atoms with E-state index in [0.29, 0.717) is 0 Å². The second-order valence-electron chi connectivity index (χ2n) is 2.39. The first kappa shape index (κ1) is 2.13. The molecular formula is C11H17N3. The molecule has 3 heteroatoms. The minimum absolute atomic E-state index is 0.219. The van der Waals surface area contributed by atoms with Crippen LogP contribution in [-0.4, -0.2) is 18.0 Å². The fraction of sp³-hybridized carbons (Fsp3) is 0.545. The van der Waals surface area contributed by atoms with Gasteiger partial charge in [-0.2, -0.15) is 0 Å². The zero-order chi connectivity index (χ0) is 23.2. The molecule has 0 bridgehead atoms. The summed E-state index contributed by atoms with van der Waals surface area (Å²) in [6.07, 6.45) is -8.66. The number of hydrogen-bond donors (Lipinski definition) is 1. The maximum atomic E-state index is 8.16. The summed E-state index contributed by atoms with van der Waals surface area (Å²) in [4.78, 5) is 3.22. The molecule has 2 heterocycles. The summed E-state index contributed by atoms with van der Waals surface area (Å²) < 4.78 is 118. The van der Waals surface area contributed by atoms with Crippen LogP contribution in [0.4, 0.5) is 11.5 Å². The molecule has 1 saturated heterocycles. The van der Waals surface area contributed by atoms with Crippen LogP contribution in [0.15, 0.2) is 18.3 Å². The Bertz CT molecular complexity index is 817. The fourth-order valence-corrected chi connectivity index (χ4v) is 0.851. The van der Waals surface area contributed by atoms with E-state index in [-0.39, 0.29) is 4.90 Å². The SMILES string of the molecule is [2H]c1nc(N2C([2H])([2H])C([2H])([2H])C([2H])(C([2H])([2H])[2H])C([2H])([2H])C2([2H])[2H])c(N)c([2H])c1[2H]. The highest BCUT2D eigenvalue weighted by atomic mass is 15.2. The third-order valence-corrected chi connectivity index (χ3v) is 1.45. The predicted molar refractivity (Wildman–Crippen MR) is 59.3 cm³/mol. The molecule has 0 spiro atoms. The van der Waals surface area contributed by atoms with Gasteiger partial charge in [-0.25, -0.2) is 4.98 Å². The summed E-state index contributed by atoms with van der Waals surface area (Å²) in [5, 5.41) is 0. The van der Waals surface area contributed by atoms with Crippen LogP contribution in [-0.2, 0) is 0 Å². The van der Waals surface area contributed by atoms with E-state index >= 15 is 0 Å². The molecule has 76 valence electrons. The lowest BCUT2D eigenvalue weighted by atomic mass is 9.99. The predicted octanol–water partition coefficient (Wildman–Crippen LogP) is 1.90. The van der Waals surface area contributed by atoms with Crippen molar-refractivity contribution in [2.24, 2.45) is 5.89 Å². The highest BCUT2D eigenvalue weighted by molar-refractivity contribution is 5.62. The number of nitrogens with two attached hydrogens (primary N) is 1. The molecule has 1 aliphatic rings. The number of anilines is 2. The van der Waals surface area contributed by atoms with Crippen molar-refractivity contribution >= 4 is 11.5 Å². The van der Waals surface area contributed by atoms with Gasteiger partial charge in [-0.05, 0) is 30.7 Å². The quantitative estimate of drug-likeness (QED) is 0.763. The van der Waals surface area contributed by atoms with E-state index in [1.165, 1.54) is 0 Å². The second-order valence-corrected chi connectivity index (χ2v) is 2.39. The van der Waals surface area contributed by atoms with E-state index in [2.05, 4.69) is 4.98 Å². The second kappa shape index (κ2) is 3.86. The van der Waals surface area contributed by atoms with Gasteiger partial charge in [-0.15, -0.1) is 0 Å². The molecule has 2 N–H and O–H groups in total. The van der Waals surface area contributed by atoms with Crippen molar-refractivity contribution in [2.45, 2.75) is 19.6 Å². The van der Waals surface area contributed by atoms with Gasteiger partial charge in [0.15, 0.2) is 5.82 Å². The van der Waals surface area contributed by atoms with Gasteiger partial charge >= 0.3 is 0 Å². The van der Waals surface area contributed by atoms with Gasteiger partial charge in [0, 0.05) is 35.6 Å². The summed E-state index contributed by atoms with van der Waals surface area (Å²) in [5.74, 6) is -4.96. The average molecular weight is 206 g/mol. The van der Waals surface area contributed by atoms with Crippen molar-refractivity contribution in [3.8, 4) is 0 Å². The van der Waals surface area contributed by atoms with Crippen LogP contribution in [0.25, 0.3) is 0 Å². The summed E-state index contributed by atoms with van der Waals surface area (Å²) in [7, 11) is 0. The van der Waals surface area contributed by atoms with E-state index in [4.69, 9.17) is 26.3 Å². The molecule has 14 heavy (non-hydrogen) atoms. The largest absolute Gasteiger partial charge is 0.396 e. The van der Waals surface area contributed by atoms with Crippen molar-refractivity contribution < 1.29 is 20.6 Å².